The van der Waals surface area contributed by atoms with Crippen molar-refractivity contribution in [3.8, 4) is 0 Å². The molecule has 0 aromatic heterocycles. The lowest BCUT2D eigenvalue weighted by Crippen LogP contribution is -2.31. The topological polar surface area (TPSA) is 73.5 Å². The van der Waals surface area contributed by atoms with Crippen molar-refractivity contribution in [2.45, 2.75) is 32.2 Å². The fourth-order valence-corrected chi connectivity index (χ4v) is 3.90. The second kappa shape index (κ2) is 8.99. The average molecular weight is 393 g/mol. The standard InChI is InChI=1S/C23H28N4O2/c28-22-14-18(16-24-22)23(29)25-15-17-4-6-19(7-5-17)26-20-8-10-21(11-9-20)27-12-2-1-3-13-27/h4-11,18,26H,1-3,12-16H2,(H,24,28)(H,25,29)/t18-/m1/s1. The number of carbonyl (C=O) groups is 2. The molecule has 0 aliphatic carbocycles. The molecule has 0 bridgehead atoms. The van der Waals surface area contributed by atoms with Crippen LogP contribution in [0.4, 0.5) is 17.1 Å². The molecule has 0 unspecified atom stereocenters. The third-order valence-electron chi connectivity index (χ3n) is 5.65. The van der Waals surface area contributed by atoms with Gasteiger partial charge < -0.3 is 20.9 Å². The van der Waals surface area contributed by atoms with Crippen LogP contribution in [0.25, 0.3) is 0 Å². The first-order chi connectivity index (χ1) is 14.2. The molecule has 0 saturated carbocycles. The summed E-state index contributed by atoms with van der Waals surface area (Å²) in [4.78, 5) is 25.8. The molecule has 3 N–H and O–H groups in total. The van der Waals surface area contributed by atoms with E-state index in [1.807, 2.05) is 24.3 Å². The summed E-state index contributed by atoms with van der Waals surface area (Å²) in [6, 6.07) is 16.6. The highest BCUT2D eigenvalue weighted by atomic mass is 16.2. The molecule has 2 amide bonds. The Morgan fingerprint density at radius 1 is 0.966 bits per heavy atom. The maximum Gasteiger partial charge on any atom is 0.225 e. The fourth-order valence-electron chi connectivity index (χ4n) is 3.90. The van der Waals surface area contributed by atoms with Crippen molar-refractivity contribution in [3.05, 3.63) is 54.1 Å². The third-order valence-corrected chi connectivity index (χ3v) is 5.65. The first-order valence-corrected chi connectivity index (χ1v) is 10.4. The number of amides is 2. The normalized spacial score (nSPS) is 19.0. The molecule has 2 aliphatic heterocycles. The molecule has 2 aliphatic rings. The second-order valence-electron chi connectivity index (χ2n) is 7.84. The zero-order chi connectivity index (χ0) is 20.1. The number of rotatable bonds is 6. The zero-order valence-corrected chi connectivity index (χ0v) is 16.6. The van der Waals surface area contributed by atoms with Crippen LogP contribution in [-0.2, 0) is 16.1 Å². The molecule has 0 radical (unpaired) electrons. The molecule has 0 spiro atoms. The van der Waals surface area contributed by atoms with Gasteiger partial charge in [0.25, 0.3) is 0 Å². The van der Waals surface area contributed by atoms with Gasteiger partial charge in [0, 0.05) is 49.7 Å². The lowest BCUT2D eigenvalue weighted by Gasteiger charge is -2.28. The molecule has 1 atom stereocenters. The van der Waals surface area contributed by atoms with Gasteiger partial charge in [0.2, 0.25) is 11.8 Å². The maximum absolute atomic E-state index is 12.1. The van der Waals surface area contributed by atoms with Crippen LogP contribution in [0.2, 0.25) is 0 Å². The average Bonchev–Trinajstić information content (AvgIpc) is 3.21. The monoisotopic (exact) mass is 392 g/mol. The number of piperidine rings is 1. The molecule has 152 valence electrons. The summed E-state index contributed by atoms with van der Waals surface area (Å²) in [5, 5.41) is 9.03. The van der Waals surface area contributed by atoms with E-state index in [1.54, 1.807) is 0 Å². The van der Waals surface area contributed by atoms with Crippen LogP contribution in [0, 0.1) is 5.92 Å². The van der Waals surface area contributed by atoms with Crippen molar-refractivity contribution < 1.29 is 9.59 Å². The van der Waals surface area contributed by atoms with Gasteiger partial charge in [-0.25, -0.2) is 0 Å². The Hall–Kier alpha value is -3.02. The van der Waals surface area contributed by atoms with Crippen LogP contribution in [0.15, 0.2) is 48.5 Å². The molecular formula is C23H28N4O2. The highest BCUT2D eigenvalue weighted by Gasteiger charge is 2.27. The number of nitrogens with one attached hydrogen (secondary N) is 3. The van der Waals surface area contributed by atoms with Crippen molar-refractivity contribution in [3.63, 3.8) is 0 Å². The summed E-state index contributed by atoms with van der Waals surface area (Å²) in [6.45, 7) is 3.20. The smallest absolute Gasteiger partial charge is 0.225 e. The Balaban J connectivity index is 1.27. The van der Waals surface area contributed by atoms with Gasteiger partial charge in [-0.1, -0.05) is 12.1 Å². The zero-order valence-electron chi connectivity index (χ0n) is 16.6. The van der Waals surface area contributed by atoms with Crippen LogP contribution in [0.3, 0.4) is 0 Å². The Morgan fingerprint density at radius 2 is 1.62 bits per heavy atom. The SMILES string of the molecule is O=C1C[C@@H](C(=O)NCc2ccc(Nc3ccc(N4CCCCC4)cc3)cc2)CN1. The Morgan fingerprint density at radius 3 is 2.24 bits per heavy atom. The minimum Gasteiger partial charge on any atom is -0.372 e. The van der Waals surface area contributed by atoms with E-state index in [0.29, 0.717) is 13.1 Å². The molecule has 2 aromatic rings. The van der Waals surface area contributed by atoms with Gasteiger partial charge in [-0.3, -0.25) is 9.59 Å². The molecule has 6 heteroatoms. The van der Waals surface area contributed by atoms with Gasteiger partial charge in [-0.15, -0.1) is 0 Å². The summed E-state index contributed by atoms with van der Waals surface area (Å²) in [7, 11) is 0. The molecule has 2 heterocycles. The molecule has 4 rings (SSSR count). The van der Waals surface area contributed by atoms with Crippen molar-refractivity contribution in [2.75, 3.05) is 29.9 Å². The van der Waals surface area contributed by atoms with Gasteiger partial charge in [-0.2, -0.15) is 0 Å². The van der Waals surface area contributed by atoms with Gasteiger partial charge in [-0.05, 0) is 61.2 Å². The van der Waals surface area contributed by atoms with E-state index < -0.39 is 0 Å². The Labute approximate surface area is 171 Å². The van der Waals surface area contributed by atoms with Crippen LogP contribution in [0.1, 0.15) is 31.2 Å². The second-order valence-corrected chi connectivity index (χ2v) is 7.84. The van der Waals surface area contributed by atoms with Gasteiger partial charge in [0.15, 0.2) is 0 Å². The number of anilines is 3. The van der Waals surface area contributed by atoms with E-state index in [9.17, 15) is 9.59 Å². The quantitative estimate of drug-likeness (QED) is 0.706. The van der Waals surface area contributed by atoms with Gasteiger partial charge in [0.1, 0.15) is 0 Å². The van der Waals surface area contributed by atoms with Crippen molar-refractivity contribution in [1.82, 2.24) is 10.6 Å². The summed E-state index contributed by atoms with van der Waals surface area (Å²) < 4.78 is 0. The van der Waals surface area contributed by atoms with E-state index in [2.05, 4.69) is 45.1 Å². The van der Waals surface area contributed by atoms with Crippen LogP contribution < -0.4 is 20.9 Å². The van der Waals surface area contributed by atoms with Crippen LogP contribution >= 0.6 is 0 Å². The summed E-state index contributed by atoms with van der Waals surface area (Å²) in [5.74, 6) is -0.375. The minimum atomic E-state index is -0.253. The number of hydrogen-bond acceptors (Lipinski definition) is 4. The minimum absolute atomic E-state index is 0.0514. The van der Waals surface area contributed by atoms with Crippen LogP contribution in [-0.4, -0.2) is 31.4 Å². The van der Waals surface area contributed by atoms with E-state index in [4.69, 9.17) is 0 Å². The van der Waals surface area contributed by atoms with Crippen molar-refractivity contribution in [2.24, 2.45) is 5.92 Å². The predicted octanol–water partition coefficient (Wildman–Crippen LogP) is 3.17. The molecular weight excluding hydrogens is 364 g/mol. The lowest BCUT2D eigenvalue weighted by atomic mass is 10.1. The first kappa shape index (κ1) is 19.3. The highest BCUT2D eigenvalue weighted by Crippen LogP contribution is 2.24. The van der Waals surface area contributed by atoms with Crippen LogP contribution in [0.5, 0.6) is 0 Å². The number of benzene rings is 2. The van der Waals surface area contributed by atoms with E-state index in [0.717, 1.165) is 30.0 Å². The third kappa shape index (κ3) is 5.08. The van der Waals surface area contributed by atoms with E-state index >= 15 is 0 Å². The molecule has 6 nitrogen and oxygen atoms in total. The van der Waals surface area contributed by atoms with E-state index in [1.165, 1.54) is 24.9 Å². The number of nitrogens with zero attached hydrogens (tertiary/aromatic N) is 1. The summed E-state index contributed by atoms with van der Waals surface area (Å²) in [5.41, 5.74) is 4.39. The van der Waals surface area contributed by atoms with Gasteiger partial charge >= 0.3 is 0 Å². The molecule has 2 fully saturated rings. The molecule has 29 heavy (non-hydrogen) atoms. The first-order valence-electron chi connectivity index (χ1n) is 10.4. The fraction of sp³-hybridized carbons (Fsp3) is 0.391. The largest absolute Gasteiger partial charge is 0.372 e. The summed E-state index contributed by atoms with van der Waals surface area (Å²) in [6.07, 6.45) is 4.18. The molecule has 2 aromatic carbocycles. The Kier molecular flexibility index (Phi) is 5.98. The lowest BCUT2D eigenvalue weighted by molar-refractivity contribution is -0.126. The number of hydrogen-bond donors (Lipinski definition) is 3. The van der Waals surface area contributed by atoms with Gasteiger partial charge in [0.05, 0.1) is 5.92 Å². The molecule has 2 saturated heterocycles. The maximum atomic E-state index is 12.1. The number of carbonyl (C=O) groups excluding carboxylic acids is 2. The Bertz CT molecular complexity index is 842. The van der Waals surface area contributed by atoms with Crippen molar-refractivity contribution >= 4 is 28.9 Å². The summed E-state index contributed by atoms with van der Waals surface area (Å²) >= 11 is 0. The predicted molar refractivity (Wildman–Crippen MR) is 115 cm³/mol. The van der Waals surface area contributed by atoms with Crippen molar-refractivity contribution in [1.29, 1.82) is 0 Å². The van der Waals surface area contributed by atoms with E-state index in [-0.39, 0.29) is 24.2 Å². The highest BCUT2D eigenvalue weighted by molar-refractivity contribution is 5.89.